The molecule has 0 radical (unpaired) electrons. The van der Waals surface area contributed by atoms with E-state index in [4.69, 9.17) is 0 Å². The number of piperazine rings is 1. The highest BCUT2D eigenvalue weighted by Crippen LogP contribution is 2.23. The van der Waals surface area contributed by atoms with Crippen molar-refractivity contribution in [3.63, 3.8) is 0 Å². The molecule has 25 heavy (non-hydrogen) atoms. The number of imidazole rings is 1. The van der Waals surface area contributed by atoms with Crippen LogP contribution in [-0.2, 0) is 10.0 Å². The Morgan fingerprint density at radius 1 is 0.920 bits per heavy atom. The van der Waals surface area contributed by atoms with E-state index in [1.165, 1.54) is 29.7 Å². The van der Waals surface area contributed by atoms with Crippen molar-refractivity contribution in [2.24, 2.45) is 0 Å². The largest absolute Gasteiger partial charge is 0.356 e. The first kappa shape index (κ1) is 16.3. The van der Waals surface area contributed by atoms with Crippen LogP contribution in [0.2, 0.25) is 0 Å². The molecule has 1 N–H and O–H groups in total. The Morgan fingerprint density at radius 2 is 1.56 bits per heavy atom. The quantitative estimate of drug-likeness (QED) is 0.835. The Hall–Kier alpha value is -2.20. The number of aromatic amines is 1. The van der Waals surface area contributed by atoms with Crippen LogP contribution in [0.25, 0.3) is 0 Å². The zero-order valence-electron chi connectivity index (χ0n) is 13.9. The first-order valence-corrected chi connectivity index (χ1v) is 9.89. The molecule has 0 spiro atoms. The topological polar surface area (TPSA) is 98.3 Å². The van der Waals surface area contributed by atoms with Crippen molar-refractivity contribution in [2.75, 3.05) is 49.1 Å². The van der Waals surface area contributed by atoms with E-state index >= 15 is 0 Å². The molecular formula is C15H21N7O2S. The van der Waals surface area contributed by atoms with Crippen molar-refractivity contribution in [1.29, 1.82) is 0 Å². The van der Waals surface area contributed by atoms with E-state index in [1.54, 1.807) is 6.33 Å². The van der Waals surface area contributed by atoms with Crippen LogP contribution in [0.3, 0.4) is 0 Å². The van der Waals surface area contributed by atoms with Crippen molar-refractivity contribution in [2.45, 2.75) is 17.9 Å². The molecule has 0 atom stereocenters. The molecule has 0 aliphatic carbocycles. The van der Waals surface area contributed by atoms with Gasteiger partial charge in [-0.2, -0.15) is 4.31 Å². The van der Waals surface area contributed by atoms with Crippen LogP contribution in [0, 0.1) is 0 Å². The van der Waals surface area contributed by atoms with Gasteiger partial charge < -0.3 is 14.8 Å². The van der Waals surface area contributed by atoms with Gasteiger partial charge in [0.2, 0.25) is 0 Å². The smallest absolute Gasteiger partial charge is 0.260 e. The third-order valence-electron chi connectivity index (χ3n) is 4.72. The number of sulfonamides is 1. The van der Waals surface area contributed by atoms with Crippen LogP contribution in [0.1, 0.15) is 12.8 Å². The molecule has 10 heteroatoms. The highest BCUT2D eigenvalue weighted by Gasteiger charge is 2.30. The molecule has 2 saturated heterocycles. The van der Waals surface area contributed by atoms with Crippen LogP contribution in [0.5, 0.6) is 0 Å². The minimum Gasteiger partial charge on any atom is -0.356 e. The second-order valence-electron chi connectivity index (χ2n) is 6.24. The lowest BCUT2D eigenvalue weighted by atomic mass is 10.3. The number of hydrogen-bond acceptors (Lipinski definition) is 7. The number of anilines is 2. The normalized spacial score (nSPS) is 19.5. The summed E-state index contributed by atoms with van der Waals surface area (Å²) >= 11 is 0. The Morgan fingerprint density at radius 3 is 2.16 bits per heavy atom. The van der Waals surface area contributed by atoms with Crippen LogP contribution < -0.4 is 9.80 Å². The maximum atomic E-state index is 12.5. The van der Waals surface area contributed by atoms with Gasteiger partial charge in [0.15, 0.2) is 5.03 Å². The minimum absolute atomic E-state index is 0.138. The van der Waals surface area contributed by atoms with E-state index in [0.717, 1.165) is 24.7 Å². The van der Waals surface area contributed by atoms with Crippen LogP contribution in [0.15, 0.2) is 29.9 Å². The lowest BCUT2D eigenvalue weighted by Gasteiger charge is -2.34. The Kier molecular flexibility index (Phi) is 4.30. The van der Waals surface area contributed by atoms with Crippen molar-refractivity contribution in [1.82, 2.24) is 24.2 Å². The zero-order valence-corrected chi connectivity index (χ0v) is 14.7. The molecule has 2 fully saturated rings. The molecule has 2 aromatic heterocycles. The third kappa shape index (κ3) is 3.19. The molecular weight excluding hydrogens is 342 g/mol. The Labute approximate surface area is 146 Å². The molecule has 0 aromatic carbocycles. The zero-order chi connectivity index (χ0) is 17.3. The van der Waals surface area contributed by atoms with Crippen molar-refractivity contribution in [3.8, 4) is 0 Å². The third-order valence-corrected chi connectivity index (χ3v) is 6.55. The standard InChI is InChI=1S/C15H21N7O2S/c23-25(24,15-10-16-11-19-15)22-7-5-21(6-8-22)14-9-13(17-12-18-14)20-3-1-2-4-20/h9-12H,1-8H2,(H,16,19). The number of rotatable bonds is 4. The SMILES string of the molecule is O=S(=O)(c1cnc[nH]1)N1CCN(c2cc(N3CCCC3)ncn2)CC1. The van der Waals surface area contributed by atoms with Gasteiger partial charge in [-0.25, -0.2) is 23.4 Å². The lowest BCUT2D eigenvalue weighted by molar-refractivity contribution is 0.382. The molecule has 2 aliphatic heterocycles. The minimum atomic E-state index is -3.50. The molecule has 134 valence electrons. The van der Waals surface area contributed by atoms with Gasteiger partial charge in [0.1, 0.15) is 18.0 Å². The van der Waals surface area contributed by atoms with E-state index in [0.29, 0.717) is 26.2 Å². The summed E-state index contributed by atoms with van der Waals surface area (Å²) in [5.41, 5.74) is 0. The predicted octanol–water partition coefficient (Wildman–Crippen LogP) is 0.311. The fourth-order valence-electron chi connectivity index (χ4n) is 3.31. The van der Waals surface area contributed by atoms with Gasteiger partial charge >= 0.3 is 0 Å². The van der Waals surface area contributed by atoms with Crippen molar-refractivity contribution < 1.29 is 8.42 Å². The van der Waals surface area contributed by atoms with Gasteiger partial charge in [-0.3, -0.25) is 0 Å². The van der Waals surface area contributed by atoms with Crippen LogP contribution in [0.4, 0.5) is 11.6 Å². The van der Waals surface area contributed by atoms with E-state index < -0.39 is 10.0 Å². The van der Waals surface area contributed by atoms with Gasteiger partial charge in [-0.05, 0) is 12.8 Å². The second-order valence-corrected chi connectivity index (χ2v) is 8.14. The number of hydrogen-bond donors (Lipinski definition) is 1. The summed E-state index contributed by atoms with van der Waals surface area (Å²) in [7, 11) is -3.50. The molecule has 4 rings (SSSR count). The van der Waals surface area contributed by atoms with E-state index in [2.05, 4.69) is 29.7 Å². The van der Waals surface area contributed by atoms with Crippen LogP contribution >= 0.6 is 0 Å². The van der Waals surface area contributed by atoms with Crippen molar-refractivity contribution >= 4 is 21.7 Å². The average Bonchev–Trinajstić information content (AvgIpc) is 3.36. The monoisotopic (exact) mass is 363 g/mol. The van der Waals surface area contributed by atoms with E-state index in [-0.39, 0.29) is 5.03 Å². The van der Waals surface area contributed by atoms with Gasteiger partial charge in [-0.1, -0.05) is 0 Å². The maximum Gasteiger partial charge on any atom is 0.260 e. The summed E-state index contributed by atoms with van der Waals surface area (Å²) in [4.78, 5) is 19.6. The maximum absolute atomic E-state index is 12.5. The average molecular weight is 363 g/mol. The molecule has 9 nitrogen and oxygen atoms in total. The van der Waals surface area contributed by atoms with Crippen molar-refractivity contribution in [3.05, 3.63) is 24.9 Å². The molecule has 2 aliphatic rings. The number of nitrogens with one attached hydrogen (secondary N) is 1. The summed E-state index contributed by atoms with van der Waals surface area (Å²) in [6.07, 6.45) is 6.71. The Balaban J connectivity index is 1.44. The number of H-pyrrole nitrogens is 1. The first-order chi connectivity index (χ1) is 12.1. The summed E-state index contributed by atoms with van der Waals surface area (Å²) in [6, 6.07) is 2.00. The predicted molar refractivity (Wildman–Crippen MR) is 93.0 cm³/mol. The fraction of sp³-hybridized carbons (Fsp3) is 0.533. The molecule has 0 bridgehead atoms. The second kappa shape index (κ2) is 6.60. The molecule has 2 aromatic rings. The summed E-state index contributed by atoms with van der Waals surface area (Å²) < 4.78 is 26.5. The van der Waals surface area contributed by atoms with Gasteiger partial charge in [0, 0.05) is 45.3 Å². The fourth-order valence-corrected chi connectivity index (χ4v) is 4.63. The first-order valence-electron chi connectivity index (χ1n) is 8.45. The molecule has 4 heterocycles. The van der Waals surface area contributed by atoms with Gasteiger partial charge in [-0.15, -0.1) is 0 Å². The molecule has 0 unspecified atom stereocenters. The number of nitrogens with zero attached hydrogens (tertiary/aromatic N) is 6. The van der Waals surface area contributed by atoms with E-state index in [1.807, 2.05) is 6.07 Å². The summed E-state index contributed by atoms with van der Waals surface area (Å²) in [5.74, 6) is 1.81. The van der Waals surface area contributed by atoms with Crippen LogP contribution in [-0.4, -0.2) is 71.9 Å². The summed E-state index contributed by atoms with van der Waals surface area (Å²) in [6.45, 7) is 4.11. The van der Waals surface area contributed by atoms with Gasteiger partial charge in [0.25, 0.3) is 10.0 Å². The Bertz CT molecular complexity index is 810. The molecule has 0 amide bonds. The van der Waals surface area contributed by atoms with E-state index in [9.17, 15) is 8.42 Å². The lowest BCUT2D eigenvalue weighted by Crippen LogP contribution is -2.49. The highest BCUT2D eigenvalue weighted by molar-refractivity contribution is 7.89. The molecule has 0 saturated carbocycles. The highest BCUT2D eigenvalue weighted by atomic mass is 32.2. The summed E-state index contributed by atoms with van der Waals surface area (Å²) in [5, 5.41) is 0.138. The van der Waals surface area contributed by atoms with Gasteiger partial charge in [0.05, 0.1) is 12.5 Å². The number of aromatic nitrogens is 4.